The Morgan fingerprint density at radius 1 is 1.22 bits per heavy atom. The van der Waals surface area contributed by atoms with Gasteiger partial charge in [-0.15, -0.1) is 0 Å². The van der Waals surface area contributed by atoms with Crippen LogP contribution < -0.4 is 9.80 Å². The molecular formula is C18H23N7O2. The molecule has 0 bridgehead atoms. The van der Waals surface area contributed by atoms with Crippen molar-refractivity contribution in [1.82, 2.24) is 24.4 Å². The van der Waals surface area contributed by atoms with Gasteiger partial charge in [-0.1, -0.05) is 12.8 Å². The van der Waals surface area contributed by atoms with E-state index in [9.17, 15) is 9.59 Å². The van der Waals surface area contributed by atoms with Crippen molar-refractivity contribution in [2.24, 2.45) is 0 Å². The maximum absolute atomic E-state index is 12.4. The van der Waals surface area contributed by atoms with Crippen molar-refractivity contribution in [3.05, 3.63) is 24.4 Å². The molecule has 142 valence electrons. The molecule has 1 saturated carbocycles. The summed E-state index contributed by atoms with van der Waals surface area (Å²) in [5.74, 6) is 1.07. The fourth-order valence-corrected chi connectivity index (χ4v) is 3.68. The Labute approximate surface area is 157 Å². The Kier molecular flexibility index (Phi) is 4.29. The molecule has 9 heteroatoms. The number of anilines is 2. The summed E-state index contributed by atoms with van der Waals surface area (Å²) in [4.78, 5) is 43.0. The molecule has 0 unspecified atom stereocenters. The van der Waals surface area contributed by atoms with Gasteiger partial charge in [0.1, 0.15) is 17.7 Å². The van der Waals surface area contributed by atoms with Crippen LogP contribution >= 0.6 is 0 Å². The van der Waals surface area contributed by atoms with Gasteiger partial charge in [0.25, 0.3) is 5.91 Å². The van der Waals surface area contributed by atoms with Crippen molar-refractivity contribution in [1.29, 1.82) is 0 Å². The molecule has 27 heavy (non-hydrogen) atoms. The minimum Gasteiger partial charge on any atom is -0.343 e. The van der Waals surface area contributed by atoms with Crippen LogP contribution in [0.25, 0.3) is 5.95 Å². The summed E-state index contributed by atoms with van der Waals surface area (Å²) < 4.78 is 1.64. The molecule has 2 amide bonds. The summed E-state index contributed by atoms with van der Waals surface area (Å²) in [6.07, 6.45) is 9.33. The molecule has 0 spiro atoms. The third-order valence-electron chi connectivity index (χ3n) is 5.25. The average Bonchev–Trinajstić information content (AvgIpc) is 3.35. The number of aromatic nitrogens is 4. The summed E-state index contributed by atoms with van der Waals surface area (Å²) >= 11 is 0. The van der Waals surface area contributed by atoms with E-state index >= 15 is 0 Å². The monoisotopic (exact) mass is 369 g/mol. The molecule has 2 aromatic rings. The predicted molar refractivity (Wildman–Crippen MR) is 100 cm³/mol. The topological polar surface area (TPSA) is 87.5 Å². The number of fused-ring (bicyclic) bond motifs is 1. The van der Waals surface area contributed by atoms with Crippen LogP contribution in [0.2, 0.25) is 0 Å². The first-order chi connectivity index (χ1) is 13.0. The zero-order valence-corrected chi connectivity index (χ0v) is 15.8. The second-order valence-electron chi connectivity index (χ2n) is 7.26. The normalized spacial score (nSPS) is 17.4. The Morgan fingerprint density at radius 2 is 1.96 bits per heavy atom. The summed E-state index contributed by atoms with van der Waals surface area (Å²) in [5.41, 5.74) is 1.05. The van der Waals surface area contributed by atoms with Crippen LogP contribution in [0.15, 0.2) is 18.7 Å². The zero-order chi connectivity index (χ0) is 19.1. The van der Waals surface area contributed by atoms with E-state index in [0.29, 0.717) is 29.9 Å². The van der Waals surface area contributed by atoms with Crippen molar-refractivity contribution in [3.63, 3.8) is 0 Å². The van der Waals surface area contributed by atoms with E-state index in [1.807, 2.05) is 0 Å². The molecule has 0 radical (unpaired) electrons. The standard InChI is InChI=1S/C18H23N7O2/c1-22(2)17(27)13-9-24(11-20-13)18-19-8-14-16(21-18)25(10-15(26)23(14)3)12-6-4-5-7-12/h8-9,11-12H,4-7,10H2,1-3H3. The predicted octanol–water partition coefficient (Wildman–Crippen LogP) is 1.09. The van der Waals surface area contributed by atoms with Gasteiger partial charge in [-0.25, -0.2) is 9.97 Å². The van der Waals surface area contributed by atoms with Gasteiger partial charge in [0.15, 0.2) is 5.82 Å². The summed E-state index contributed by atoms with van der Waals surface area (Å²) in [7, 11) is 5.12. The van der Waals surface area contributed by atoms with E-state index in [1.54, 1.807) is 43.0 Å². The Morgan fingerprint density at radius 3 is 2.67 bits per heavy atom. The number of hydrogen-bond acceptors (Lipinski definition) is 6. The third kappa shape index (κ3) is 3.02. The van der Waals surface area contributed by atoms with E-state index in [0.717, 1.165) is 18.7 Å². The lowest BCUT2D eigenvalue weighted by Crippen LogP contribution is -2.48. The van der Waals surface area contributed by atoms with E-state index in [1.165, 1.54) is 24.1 Å². The second-order valence-corrected chi connectivity index (χ2v) is 7.26. The van der Waals surface area contributed by atoms with Crippen molar-refractivity contribution >= 4 is 23.3 Å². The molecule has 0 saturated heterocycles. The number of rotatable bonds is 3. The SMILES string of the molecule is CN(C)C(=O)c1cn(-c2ncc3c(n2)N(C2CCCC2)CC(=O)N3C)cn1. The van der Waals surface area contributed by atoms with Gasteiger partial charge in [0, 0.05) is 33.4 Å². The minimum atomic E-state index is -0.176. The first-order valence-corrected chi connectivity index (χ1v) is 9.12. The fraction of sp³-hybridized carbons (Fsp3) is 0.500. The summed E-state index contributed by atoms with van der Waals surface area (Å²) in [5, 5.41) is 0. The lowest BCUT2D eigenvalue weighted by Gasteiger charge is -2.37. The number of hydrogen-bond donors (Lipinski definition) is 0. The maximum Gasteiger partial charge on any atom is 0.273 e. The molecule has 3 heterocycles. The number of likely N-dealkylation sites (N-methyl/N-ethyl adjacent to an activating group) is 1. The van der Waals surface area contributed by atoms with Crippen molar-refractivity contribution in [2.45, 2.75) is 31.7 Å². The van der Waals surface area contributed by atoms with Crippen molar-refractivity contribution in [3.8, 4) is 5.95 Å². The van der Waals surface area contributed by atoms with Gasteiger partial charge in [-0.2, -0.15) is 4.98 Å². The molecule has 1 fully saturated rings. The highest BCUT2D eigenvalue weighted by molar-refractivity contribution is 6.02. The molecule has 0 atom stereocenters. The largest absolute Gasteiger partial charge is 0.343 e. The molecule has 1 aliphatic heterocycles. The summed E-state index contributed by atoms with van der Waals surface area (Å²) in [6, 6.07) is 0.331. The van der Waals surface area contributed by atoms with E-state index in [2.05, 4.69) is 14.9 Å². The molecule has 1 aliphatic carbocycles. The van der Waals surface area contributed by atoms with E-state index in [-0.39, 0.29) is 11.8 Å². The van der Waals surface area contributed by atoms with Crippen molar-refractivity contribution in [2.75, 3.05) is 37.5 Å². The third-order valence-corrected chi connectivity index (χ3v) is 5.25. The van der Waals surface area contributed by atoms with Crippen LogP contribution in [-0.2, 0) is 4.79 Å². The van der Waals surface area contributed by atoms with Crippen LogP contribution in [0.5, 0.6) is 0 Å². The highest BCUT2D eigenvalue weighted by atomic mass is 16.2. The number of carbonyl (C=O) groups is 2. The highest BCUT2D eigenvalue weighted by Gasteiger charge is 2.34. The van der Waals surface area contributed by atoms with Crippen LogP contribution in [0.1, 0.15) is 36.2 Å². The van der Waals surface area contributed by atoms with Gasteiger partial charge >= 0.3 is 0 Å². The van der Waals surface area contributed by atoms with Gasteiger partial charge in [-0.05, 0) is 12.8 Å². The molecule has 4 rings (SSSR count). The van der Waals surface area contributed by atoms with Gasteiger partial charge in [-0.3, -0.25) is 14.2 Å². The van der Waals surface area contributed by atoms with Crippen LogP contribution in [0.3, 0.4) is 0 Å². The van der Waals surface area contributed by atoms with E-state index < -0.39 is 0 Å². The molecule has 9 nitrogen and oxygen atoms in total. The number of amides is 2. The van der Waals surface area contributed by atoms with Gasteiger partial charge in [0.2, 0.25) is 11.9 Å². The molecule has 0 N–H and O–H groups in total. The Bertz CT molecular complexity index is 886. The van der Waals surface area contributed by atoms with Crippen LogP contribution in [0.4, 0.5) is 11.5 Å². The Balaban J connectivity index is 1.72. The Hall–Kier alpha value is -2.97. The van der Waals surface area contributed by atoms with Crippen molar-refractivity contribution < 1.29 is 9.59 Å². The minimum absolute atomic E-state index is 0.0484. The zero-order valence-electron chi connectivity index (χ0n) is 15.8. The lowest BCUT2D eigenvalue weighted by molar-refractivity contribution is -0.117. The second kappa shape index (κ2) is 6.64. The van der Waals surface area contributed by atoms with Gasteiger partial charge < -0.3 is 14.7 Å². The van der Waals surface area contributed by atoms with E-state index in [4.69, 9.17) is 4.98 Å². The average molecular weight is 369 g/mol. The summed E-state index contributed by atoms with van der Waals surface area (Å²) in [6.45, 7) is 0.332. The first-order valence-electron chi connectivity index (χ1n) is 9.12. The quantitative estimate of drug-likeness (QED) is 0.805. The smallest absolute Gasteiger partial charge is 0.273 e. The molecule has 2 aromatic heterocycles. The lowest BCUT2D eigenvalue weighted by atomic mass is 10.1. The number of carbonyl (C=O) groups excluding carboxylic acids is 2. The molecular weight excluding hydrogens is 346 g/mol. The highest BCUT2D eigenvalue weighted by Crippen LogP contribution is 2.36. The van der Waals surface area contributed by atoms with Gasteiger partial charge in [0.05, 0.1) is 12.7 Å². The number of nitrogens with zero attached hydrogens (tertiary/aromatic N) is 7. The first kappa shape index (κ1) is 17.4. The molecule has 2 aliphatic rings. The van der Waals surface area contributed by atoms with Crippen LogP contribution in [-0.4, -0.2) is 70.0 Å². The van der Waals surface area contributed by atoms with Crippen LogP contribution in [0, 0.1) is 0 Å². The number of imidazole rings is 1. The maximum atomic E-state index is 12.4. The molecule has 0 aromatic carbocycles. The fourth-order valence-electron chi connectivity index (χ4n) is 3.68.